The third-order valence-electron chi connectivity index (χ3n) is 2.40. The summed E-state index contributed by atoms with van der Waals surface area (Å²) in [6, 6.07) is 5.74. The summed E-state index contributed by atoms with van der Waals surface area (Å²) in [5.74, 6) is 0.866. The maximum atomic E-state index is 10.6. The van der Waals surface area contributed by atoms with Gasteiger partial charge in [0.2, 0.25) is 0 Å². The summed E-state index contributed by atoms with van der Waals surface area (Å²) in [4.78, 5) is 18.1. The number of nitro groups is 1. The average molecular weight is 261 g/mol. The van der Waals surface area contributed by atoms with Crippen molar-refractivity contribution >= 4 is 5.69 Å². The van der Waals surface area contributed by atoms with Crippen LogP contribution in [0.15, 0.2) is 36.7 Å². The number of nitro benzene ring substituents is 1. The molecule has 0 amide bonds. The Hall–Kier alpha value is -2.54. The van der Waals surface area contributed by atoms with E-state index in [1.54, 1.807) is 18.5 Å². The molecule has 1 N–H and O–H groups in total. The molecule has 0 unspecified atom stereocenters. The molecular formula is C12H11N3O4. The summed E-state index contributed by atoms with van der Waals surface area (Å²) in [5, 5.41) is 19.8. The predicted molar refractivity (Wildman–Crippen MR) is 65.4 cm³/mol. The topological polar surface area (TPSA) is 98.4 Å². The van der Waals surface area contributed by atoms with E-state index in [0.717, 1.165) is 0 Å². The van der Waals surface area contributed by atoms with Crippen molar-refractivity contribution in [3.63, 3.8) is 0 Å². The molecule has 1 heterocycles. The van der Waals surface area contributed by atoms with Gasteiger partial charge in [0.05, 0.1) is 11.5 Å². The van der Waals surface area contributed by atoms with Gasteiger partial charge in [0, 0.05) is 30.1 Å². The second-order valence-electron chi connectivity index (χ2n) is 3.66. The molecule has 98 valence electrons. The number of hydrogen-bond donors (Lipinski definition) is 1. The lowest BCUT2D eigenvalue weighted by atomic mass is 10.2. The number of hydrogen-bond acceptors (Lipinski definition) is 6. The van der Waals surface area contributed by atoms with Crippen molar-refractivity contribution < 1.29 is 14.8 Å². The van der Waals surface area contributed by atoms with Crippen molar-refractivity contribution in [2.45, 2.75) is 13.2 Å². The Morgan fingerprint density at radius 2 is 2.05 bits per heavy atom. The van der Waals surface area contributed by atoms with Gasteiger partial charge in [0.25, 0.3) is 5.69 Å². The van der Waals surface area contributed by atoms with E-state index in [1.165, 1.54) is 18.2 Å². The van der Waals surface area contributed by atoms with Crippen LogP contribution in [0, 0.1) is 10.1 Å². The minimum Gasteiger partial charge on any atom is -0.485 e. The van der Waals surface area contributed by atoms with E-state index in [9.17, 15) is 15.2 Å². The summed E-state index contributed by atoms with van der Waals surface area (Å²) < 4.78 is 5.44. The maximum absolute atomic E-state index is 10.6. The number of rotatable bonds is 5. The van der Waals surface area contributed by atoms with Crippen LogP contribution in [0.2, 0.25) is 0 Å². The van der Waals surface area contributed by atoms with Crippen molar-refractivity contribution in [3.8, 4) is 5.75 Å². The summed E-state index contributed by atoms with van der Waals surface area (Å²) in [5.41, 5.74) is 0.262. The highest BCUT2D eigenvalue weighted by molar-refractivity contribution is 5.43. The van der Waals surface area contributed by atoms with Crippen LogP contribution in [0.1, 0.15) is 11.4 Å². The second-order valence-corrected chi connectivity index (χ2v) is 3.66. The number of benzene rings is 1. The lowest BCUT2D eigenvalue weighted by Crippen LogP contribution is -2.03. The van der Waals surface area contributed by atoms with Crippen molar-refractivity contribution in [2.24, 2.45) is 0 Å². The molecule has 0 atom stereocenters. The Labute approximate surface area is 108 Å². The Balaban J connectivity index is 2.14. The van der Waals surface area contributed by atoms with Gasteiger partial charge in [-0.25, -0.2) is 9.97 Å². The molecule has 2 aromatic rings. The molecule has 0 bridgehead atoms. The maximum Gasteiger partial charge on any atom is 0.270 e. The molecule has 0 aliphatic carbocycles. The molecule has 0 spiro atoms. The highest BCUT2D eigenvalue weighted by Crippen LogP contribution is 2.24. The molecule has 1 aromatic carbocycles. The highest BCUT2D eigenvalue weighted by atomic mass is 16.6. The molecule has 0 fully saturated rings. The molecule has 0 saturated carbocycles. The normalized spacial score (nSPS) is 10.2. The van der Waals surface area contributed by atoms with Gasteiger partial charge in [-0.1, -0.05) is 0 Å². The van der Waals surface area contributed by atoms with Gasteiger partial charge in [0.15, 0.2) is 5.82 Å². The van der Waals surface area contributed by atoms with Crippen molar-refractivity contribution in [2.75, 3.05) is 0 Å². The molecule has 2 rings (SSSR count). The molecule has 0 aliphatic heterocycles. The van der Waals surface area contributed by atoms with Crippen LogP contribution in [0.5, 0.6) is 5.75 Å². The molecule has 1 aromatic heterocycles. The average Bonchev–Trinajstić information content (AvgIpc) is 2.45. The second kappa shape index (κ2) is 5.87. The molecule has 7 heteroatoms. The summed E-state index contributed by atoms with van der Waals surface area (Å²) in [6.07, 6.45) is 3.18. The van der Waals surface area contributed by atoms with Crippen molar-refractivity contribution in [1.29, 1.82) is 0 Å². The Kier molecular flexibility index (Phi) is 3.99. The van der Waals surface area contributed by atoms with Gasteiger partial charge in [-0.3, -0.25) is 10.1 Å². The SMILES string of the molecule is O=[N+]([O-])c1ccc(OCc2ncccn2)c(CO)c1. The van der Waals surface area contributed by atoms with Gasteiger partial charge in [0.1, 0.15) is 12.4 Å². The monoisotopic (exact) mass is 261 g/mol. The van der Waals surface area contributed by atoms with E-state index < -0.39 is 4.92 Å². The Morgan fingerprint density at radius 1 is 1.32 bits per heavy atom. The largest absolute Gasteiger partial charge is 0.485 e. The molecule has 19 heavy (non-hydrogen) atoms. The van der Waals surface area contributed by atoms with E-state index >= 15 is 0 Å². The zero-order valence-electron chi connectivity index (χ0n) is 9.89. The van der Waals surface area contributed by atoms with Crippen LogP contribution in [-0.4, -0.2) is 20.0 Å². The first kappa shape index (κ1) is 12.9. The lowest BCUT2D eigenvalue weighted by Gasteiger charge is -2.08. The highest BCUT2D eigenvalue weighted by Gasteiger charge is 2.11. The Bertz CT molecular complexity index is 574. The minimum absolute atomic E-state index is 0.0904. The van der Waals surface area contributed by atoms with Crippen LogP contribution in [0.4, 0.5) is 5.69 Å². The predicted octanol–water partition coefficient (Wildman–Crippen LogP) is 1.46. The first-order valence-corrected chi connectivity index (χ1v) is 5.47. The van der Waals surface area contributed by atoms with Gasteiger partial charge < -0.3 is 9.84 Å². The number of ether oxygens (including phenoxy) is 1. The number of nitrogens with zero attached hydrogens (tertiary/aromatic N) is 3. The first-order valence-electron chi connectivity index (χ1n) is 5.47. The van der Waals surface area contributed by atoms with Gasteiger partial charge in [-0.15, -0.1) is 0 Å². The van der Waals surface area contributed by atoms with Gasteiger partial charge in [-0.2, -0.15) is 0 Å². The molecule has 0 aliphatic rings. The van der Waals surface area contributed by atoms with E-state index in [-0.39, 0.29) is 18.9 Å². The summed E-state index contributed by atoms with van der Waals surface area (Å²) in [7, 11) is 0. The van der Waals surface area contributed by atoms with Gasteiger partial charge >= 0.3 is 0 Å². The fourth-order valence-electron chi connectivity index (χ4n) is 1.49. The smallest absolute Gasteiger partial charge is 0.270 e. The zero-order chi connectivity index (χ0) is 13.7. The van der Waals surface area contributed by atoms with E-state index in [2.05, 4.69) is 9.97 Å². The van der Waals surface area contributed by atoms with Crippen LogP contribution in [0.25, 0.3) is 0 Å². The van der Waals surface area contributed by atoms with Crippen molar-refractivity contribution in [3.05, 3.63) is 58.2 Å². The van der Waals surface area contributed by atoms with E-state index in [4.69, 9.17) is 4.74 Å². The fraction of sp³-hybridized carbons (Fsp3) is 0.167. The van der Waals surface area contributed by atoms with E-state index in [0.29, 0.717) is 17.1 Å². The van der Waals surface area contributed by atoms with E-state index in [1.807, 2.05) is 0 Å². The first-order chi connectivity index (χ1) is 9.20. The minimum atomic E-state index is -0.525. The lowest BCUT2D eigenvalue weighted by molar-refractivity contribution is -0.385. The quantitative estimate of drug-likeness (QED) is 0.646. The van der Waals surface area contributed by atoms with Crippen LogP contribution < -0.4 is 4.74 Å². The molecule has 0 radical (unpaired) electrons. The van der Waals surface area contributed by atoms with Crippen molar-refractivity contribution in [1.82, 2.24) is 9.97 Å². The summed E-state index contributed by atoms with van der Waals surface area (Å²) in [6.45, 7) is -0.210. The standard InChI is InChI=1S/C12H11N3O4/c16-7-9-6-10(15(17)18)2-3-11(9)19-8-12-13-4-1-5-14-12/h1-6,16H,7-8H2. The third kappa shape index (κ3) is 3.23. The molecule has 0 saturated heterocycles. The molecule has 7 nitrogen and oxygen atoms in total. The number of aromatic nitrogens is 2. The third-order valence-corrected chi connectivity index (χ3v) is 2.40. The Morgan fingerprint density at radius 3 is 2.68 bits per heavy atom. The number of non-ortho nitro benzene ring substituents is 1. The number of aliphatic hydroxyl groups excluding tert-OH is 1. The van der Waals surface area contributed by atoms with Crippen LogP contribution in [0.3, 0.4) is 0 Å². The van der Waals surface area contributed by atoms with Crippen LogP contribution in [-0.2, 0) is 13.2 Å². The van der Waals surface area contributed by atoms with Gasteiger partial charge in [-0.05, 0) is 12.1 Å². The number of aliphatic hydroxyl groups is 1. The molecular weight excluding hydrogens is 250 g/mol. The zero-order valence-corrected chi connectivity index (χ0v) is 9.89. The fourth-order valence-corrected chi connectivity index (χ4v) is 1.49. The van der Waals surface area contributed by atoms with Crippen LogP contribution >= 0.6 is 0 Å². The summed E-state index contributed by atoms with van der Waals surface area (Å²) >= 11 is 0.